The summed E-state index contributed by atoms with van der Waals surface area (Å²) < 4.78 is 4.55. The summed E-state index contributed by atoms with van der Waals surface area (Å²) in [6, 6.07) is 9.00. The van der Waals surface area contributed by atoms with Gasteiger partial charge in [-0.05, 0) is 12.5 Å². The van der Waals surface area contributed by atoms with Crippen molar-refractivity contribution in [2.75, 3.05) is 6.61 Å². The predicted molar refractivity (Wildman–Crippen MR) is 58.3 cm³/mol. The van der Waals surface area contributed by atoms with Crippen LogP contribution in [0, 0.1) is 0 Å². The van der Waals surface area contributed by atoms with Crippen LogP contribution in [0.1, 0.15) is 13.9 Å². The molecule has 92 valence electrons. The van der Waals surface area contributed by atoms with Gasteiger partial charge in [-0.2, -0.15) is 0 Å². The average Bonchev–Trinajstić information content (AvgIpc) is 2.28. The fourth-order valence-electron chi connectivity index (χ4n) is 0.803. The van der Waals surface area contributed by atoms with Gasteiger partial charge in [0.1, 0.15) is 6.61 Å². The fourth-order valence-corrected chi connectivity index (χ4v) is 0.803. The summed E-state index contributed by atoms with van der Waals surface area (Å²) in [7, 11) is 0. The van der Waals surface area contributed by atoms with Crippen LogP contribution in [0.25, 0.3) is 0 Å². The quantitative estimate of drug-likeness (QED) is 0.306. The van der Waals surface area contributed by atoms with Gasteiger partial charge in [0, 0.05) is 6.61 Å². The van der Waals surface area contributed by atoms with Crippen molar-refractivity contribution >= 4 is 5.97 Å². The predicted octanol–water partition coefficient (Wildman–Crippen LogP) is -2.84. The summed E-state index contributed by atoms with van der Waals surface area (Å²) in [5.74, 6) is -1.04. The SMILES string of the molecule is CCO.O=C(OCc1ccccc1)C(O)O.[H-].[Na+]. The van der Waals surface area contributed by atoms with Crippen LogP contribution in [0.4, 0.5) is 0 Å². The number of rotatable bonds is 3. The molecule has 1 aromatic carbocycles. The summed E-state index contributed by atoms with van der Waals surface area (Å²) >= 11 is 0. The Morgan fingerprint density at radius 1 is 1.35 bits per heavy atom. The molecule has 0 aliphatic heterocycles. The smallest absolute Gasteiger partial charge is 1.00 e. The summed E-state index contributed by atoms with van der Waals surface area (Å²) in [6.07, 6.45) is -2.05. The summed E-state index contributed by atoms with van der Waals surface area (Å²) in [5.41, 5.74) is 0.802. The number of aliphatic hydroxyl groups excluding tert-OH is 2. The van der Waals surface area contributed by atoms with Gasteiger partial charge in [-0.1, -0.05) is 30.3 Å². The van der Waals surface area contributed by atoms with Crippen LogP contribution in [0.15, 0.2) is 30.3 Å². The Morgan fingerprint density at radius 3 is 2.24 bits per heavy atom. The fraction of sp³-hybridized carbons (Fsp3) is 0.364. The van der Waals surface area contributed by atoms with Crippen LogP contribution >= 0.6 is 0 Å². The number of hydrogen-bond acceptors (Lipinski definition) is 5. The van der Waals surface area contributed by atoms with E-state index in [-0.39, 0.29) is 44.2 Å². The molecule has 0 aliphatic rings. The molecule has 17 heavy (non-hydrogen) atoms. The molecule has 0 atom stereocenters. The van der Waals surface area contributed by atoms with Gasteiger partial charge < -0.3 is 21.5 Å². The third-order valence-corrected chi connectivity index (χ3v) is 1.43. The molecule has 0 saturated carbocycles. The molecular formula is C11H17NaO5. The first-order valence-corrected chi connectivity index (χ1v) is 4.79. The first kappa shape index (κ1) is 18.9. The summed E-state index contributed by atoms with van der Waals surface area (Å²) in [4.78, 5) is 10.6. The van der Waals surface area contributed by atoms with Crippen molar-refractivity contribution in [3.05, 3.63) is 35.9 Å². The molecule has 0 unspecified atom stereocenters. The Hall–Kier alpha value is -0.430. The maximum Gasteiger partial charge on any atom is 1.00 e. The number of benzene rings is 1. The van der Waals surface area contributed by atoms with E-state index in [0.29, 0.717) is 0 Å². The van der Waals surface area contributed by atoms with Gasteiger partial charge in [0.05, 0.1) is 0 Å². The van der Waals surface area contributed by atoms with E-state index in [9.17, 15) is 4.79 Å². The number of carbonyl (C=O) groups excluding carboxylic acids is 1. The standard InChI is InChI=1S/C9H10O4.C2H6O.Na.H/c10-8(11)9(12)13-6-7-4-2-1-3-5-7;1-2-3;;/h1-5,8,10-11H,6H2;3H,2H2,1H3;;/q;;+1;-1. The van der Waals surface area contributed by atoms with Crippen LogP contribution in [-0.4, -0.2) is 34.2 Å². The van der Waals surface area contributed by atoms with Gasteiger partial charge in [-0.3, -0.25) is 0 Å². The van der Waals surface area contributed by atoms with Gasteiger partial charge >= 0.3 is 35.5 Å². The molecule has 0 fully saturated rings. The van der Waals surface area contributed by atoms with Crippen molar-refractivity contribution in [3.8, 4) is 0 Å². The van der Waals surface area contributed by atoms with Crippen LogP contribution in [0.5, 0.6) is 0 Å². The summed E-state index contributed by atoms with van der Waals surface area (Å²) in [6.45, 7) is 1.98. The number of ether oxygens (including phenoxy) is 1. The van der Waals surface area contributed by atoms with E-state index in [0.717, 1.165) is 5.56 Å². The number of aliphatic hydroxyl groups is 3. The molecule has 1 rings (SSSR count). The summed E-state index contributed by atoms with van der Waals surface area (Å²) in [5, 5.41) is 24.3. The van der Waals surface area contributed by atoms with Crippen LogP contribution in [0.3, 0.4) is 0 Å². The van der Waals surface area contributed by atoms with E-state index in [1.165, 1.54) is 0 Å². The molecule has 0 heterocycles. The third kappa shape index (κ3) is 10.4. The molecule has 0 spiro atoms. The minimum Gasteiger partial charge on any atom is -1.00 e. The maximum absolute atomic E-state index is 10.6. The largest absolute Gasteiger partial charge is 1.00 e. The second-order valence-electron chi connectivity index (χ2n) is 2.78. The maximum atomic E-state index is 10.6. The molecule has 5 nitrogen and oxygen atoms in total. The molecule has 0 bridgehead atoms. The first-order valence-electron chi connectivity index (χ1n) is 4.79. The van der Waals surface area contributed by atoms with Gasteiger partial charge in [-0.15, -0.1) is 0 Å². The molecular weight excluding hydrogens is 235 g/mol. The van der Waals surface area contributed by atoms with Gasteiger partial charge in [-0.25, -0.2) is 4.79 Å². The minimum absolute atomic E-state index is 0. The van der Waals surface area contributed by atoms with Crippen molar-refractivity contribution in [2.45, 2.75) is 19.8 Å². The Bertz CT molecular complexity index is 295. The first-order chi connectivity index (χ1) is 7.61. The van der Waals surface area contributed by atoms with Crippen molar-refractivity contribution < 1.29 is 55.8 Å². The molecule has 0 saturated heterocycles. The van der Waals surface area contributed by atoms with E-state index in [4.69, 9.17) is 15.3 Å². The Kier molecular flexibility index (Phi) is 13.4. The Balaban J connectivity index is -0.000000410. The zero-order chi connectivity index (χ0) is 12.4. The van der Waals surface area contributed by atoms with Crippen molar-refractivity contribution in [3.63, 3.8) is 0 Å². The van der Waals surface area contributed by atoms with E-state index in [1.807, 2.05) is 6.07 Å². The van der Waals surface area contributed by atoms with Crippen LogP contribution in [0.2, 0.25) is 0 Å². The van der Waals surface area contributed by atoms with Gasteiger partial charge in [0.2, 0.25) is 0 Å². The minimum atomic E-state index is -2.05. The number of esters is 1. The number of hydrogen-bond donors (Lipinski definition) is 3. The van der Waals surface area contributed by atoms with Gasteiger partial charge in [0.25, 0.3) is 6.29 Å². The van der Waals surface area contributed by atoms with Crippen molar-refractivity contribution in [1.29, 1.82) is 0 Å². The van der Waals surface area contributed by atoms with E-state index < -0.39 is 12.3 Å². The molecule has 0 amide bonds. The van der Waals surface area contributed by atoms with Gasteiger partial charge in [0.15, 0.2) is 0 Å². The molecule has 0 aliphatic carbocycles. The van der Waals surface area contributed by atoms with Crippen molar-refractivity contribution in [2.24, 2.45) is 0 Å². The average molecular weight is 252 g/mol. The van der Waals surface area contributed by atoms with Crippen LogP contribution < -0.4 is 29.6 Å². The number of carbonyl (C=O) groups is 1. The van der Waals surface area contributed by atoms with E-state index in [1.54, 1.807) is 31.2 Å². The second-order valence-corrected chi connectivity index (χ2v) is 2.78. The van der Waals surface area contributed by atoms with Crippen molar-refractivity contribution in [1.82, 2.24) is 0 Å². The van der Waals surface area contributed by atoms with Crippen LogP contribution in [-0.2, 0) is 16.1 Å². The molecule has 6 heteroatoms. The molecule has 1 aromatic rings. The van der Waals surface area contributed by atoms with E-state index >= 15 is 0 Å². The third-order valence-electron chi connectivity index (χ3n) is 1.43. The molecule has 0 aromatic heterocycles. The topological polar surface area (TPSA) is 87.0 Å². The zero-order valence-corrected chi connectivity index (χ0v) is 12.0. The Morgan fingerprint density at radius 2 is 1.82 bits per heavy atom. The molecule has 0 radical (unpaired) electrons. The normalized spacial score (nSPS) is 8.76. The molecule has 3 N–H and O–H groups in total. The zero-order valence-electron chi connectivity index (χ0n) is 11.0. The Labute approximate surface area is 124 Å². The monoisotopic (exact) mass is 252 g/mol. The second kappa shape index (κ2) is 12.0. The van der Waals surface area contributed by atoms with E-state index in [2.05, 4.69) is 4.74 Å².